The molecule has 114 valence electrons. The van der Waals surface area contributed by atoms with Gasteiger partial charge in [0, 0.05) is 6.42 Å². The third-order valence-electron chi connectivity index (χ3n) is 3.68. The lowest BCUT2D eigenvalue weighted by molar-refractivity contribution is 0.0977. The molecule has 1 rings (SSSR count). The van der Waals surface area contributed by atoms with Crippen LogP contribution >= 0.6 is 15.9 Å². The number of carbonyl (C=O) groups excluding carboxylic acids is 1. The van der Waals surface area contributed by atoms with Gasteiger partial charge in [-0.2, -0.15) is 0 Å². The summed E-state index contributed by atoms with van der Waals surface area (Å²) in [7, 11) is 0. The number of Topliss-reactive ketones (excluding diaryl/α,β-unsaturated/α-hetero) is 1. The van der Waals surface area contributed by atoms with Crippen LogP contribution in [0.5, 0.6) is 0 Å². The summed E-state index contributed by atoms with van der Waals surface area (Å²) in [5, 5.41) is 0. The fraction of sp³-hybridized carbons (Fsp3) is 0.706. The minimum absolute atomic E-state index is 0.185. The highest BCUT2D eigenvalue weighted by Gasteiger charge is 2.11. The molecule has 0 saturated carbocycles. The molecule has 0 aliphatic rings. The van der Waals surface area contributed by atoms with Crippen molar-refractivity contribution in [1.29, 1.82) is 0 Å². The highest BCUT2D eigenvalue weighted by Crippen LogP contribution is 2.20. The van der Waals surface area contributed by atoms with Gasteiger partial charge in [-0.15, -0.1) is 0 Å². The van der Waals surface area contributed by atoms with Crippen molar-refractivity contribution < 1.29 is 9.21 Å². The maximum absolute atomic E-state index is 11.9. The van der Waals surface area contributed by atoms with Gasteiger partial charge in [0.15, 0.2) is 10.5 Å². The molecule has 1 aromatic rings. The maximum atomic E-state index is 11.9. The lowest BCUT2D eigenvalue weighted by Crippen LogP contribution is -1.97. The Morgan fingerprint density at radius 1 is 1.00 bits per heavy atom. The predicted molar refractivity (Wildman–Crippen MR) is 87.2 cm³/mol. The van der Waals surface area contributed by atoms with Crippen molar-refractivity contribution in [2.24, 2.45) is 0 Å². The molecule has 3 heteroatoms. The van der Waals surface area contributed by atoms with Gasteiger partial charge >= 0.3 is 0 Å². The molecule has 0 atom stereocenters. The number of halogens is 1. The highest BCUT2D eigenvalue weighted by atomic mass is 79.9. The minimum Gasteiger partial charge on any atom is -0.457 e. The SMILES string of the molecule is CCCCCCCCCCCCC(=O)c1ccoc1Br. The van der Waals surface area contributed by atoms with E-state index in [2.05, 4.69) is 22.9 Å². The number of ketones is 1. The van der Waals surface area contributed by atoms with Crippen LogP contribution in [0.4, 0.5) is 0 Å². The van der Waals surface area contributed by atoms with Gasteiger partial charge in [-0.1, -0.05) is 64.7 Å². The van der Waals surface area contributed by atoms with E-state index in [1.165, 1.54) is 51.4 Å². The number of hydrogen-bond donors (Lipinski definition) is 0. The maximum Gasteiger partial charge on any atom is 0.179 e. The Hall–Kier alpha value is -0.570. The zero-order valence-corrected chi connectivity index (χ0v) is 14.2. The normalized spacial score (nSPS) is 10.9. The third-order valence-corrected chi connectivity index (χ3v) is 4.29. The first kappa shape index (κ1) is 17.5. The quantitative estimate of drug-likeness (QED) is 0.319. The van der Waals surface area contributed by atoms with Crippen LogP contribution in [0, 0.1) is 0 Å². The average molecular weight is 343 g/mol. The lowest BCUT2D eigenvalue weighted by atomic mass is 10.0. The van der Waals surface area contributed by atoms with Crippen LogP contribution in [0.3, 0.4) is 0 Å². The molecule has 0 fully saturated rings. The molecule has 0 spiro atoms. The molecular formula is C17H27BrO2. The van der Waals surface area contributed by atoms with Gasteiger partial charge in [-0.05, 0) is 28.4 Å². The second-order valence-electron chi connectivity index (χ2n) is 5.46. The van der Waals surface area contributed by atoms with Crippen molar-refractivity contribution in [3.8, 4) is 0 Å². The second kappa shape index (κ2) is 11.1. The fourth-order valence-electron chi connectivity index (χ4n) is 2.40. The molecule has 0 aromatic carbocycles. The molecule has 2 nitrogen and oxygen atoms in total. The van der Waals surface area contributed by atoms with Gasteiger partial charge in [-0.25, -0.2) is 0 Å². The Morgan fingerprint density at radius 3 is 2.05 bits per heavy atom. The van der Waals surface area contributed by atoms with Gasteiger partial charge in [0.1, 0.15) is 0 Å². The standard InChI is InChI=1S/C17H27BrO2/c1-2-3-4-5-6-7-8-9-10-11-12-16(19)15-13-14-20-17(15)18/h13-14H,2-12H2,1H3. The number of carbonyl (C=O) groups is 1. The number of rotatable bonds is 12. The first-order valence-electron chi connectivity index (χ1n) is 8.02. The van der Waals surface area contributed by atoms with Crippen molar-refractivity contribution in [3.63, 3.8) is 0 Å². The smallest absolute Gasteiger partial charge is 0.179 e. The predicted octanol–water partition coefficient (Wildman–Crippen LogP) is 6.54. The van der Waals surface area contributed by atoms with Crippen molar-refractivity contribution in [2.45, 2.75) is 77.6 Å². The molecule has 20 heavy (non-hydrogen) atoms. The van der Waals surface area contributed by atoms with Crippen molar-refractivity contribution in [1.82, 2.24) is 0 Å². The van der Waals surface area contributed by atoms with Crippen molar-refractivity contribution in [3.05, 3.63) is 22.6 Å². The molecule has 0 saturated heterocycles. The number of hydrogen-bond acceptors (Lipinski definition) is 2. The van der Waals surface area contributed by atoms with Crippen LogP contribution in [0.15, 0.2) is 21.4 Å². The Balaban J connectivity index is 1.92. The van der Waals surface area contributed by atoms with Crippen molar-refractivity contribution in [2.75, 3.05) is 0 Å². The summed E-state index contributed by atoms with van der Waals surface area (Å²) in [6.45, 7) is 2.25. The molecule has 1 heterocycles. The van der Waals surface area contributed by atoms with E-state index in [-0.39, 0.29) is 5.78 Å². The summed E-state index contributed by atoms with van der Waals surface area (Å²) < 4.78 is 5.65. The highest BCUT2D eigenvalue weighted by molar-refractivity contribution is 9.10. The summed E-state index contributed by atoms with van der Waals surface area (Å²) in [5.41, 5.74) is 0.681. The van der Waals surface area contributed by atoms with E-state index in [1.54, 1.807) is 12.3 Å². The molecule has 0 unspecified atom stereocenters. The summed E-state index contributed by atoms with van der Waals surface area (Å²) in [5.74, 6) is 0.185. The molecular weight excluding hydrogens is 316 g/mol. The monoisotopic (exact) mass is 342 g/mol. The number of unbranched alkanes of at least 4 members (excludes halogenated alkanes) is 9. The van der Waals surface area contributed by atoms with Crippen LogP contribution in [-0.2, 0) is 0 Å². The van der Waals surface area contributed by atoms with Crippen LogP contribution < -0.4 is 0 Å². The topological polar surface area (TPSA) is 30.2 Å². The van der Waals surface area contributed by atoms with Gasteiger partial charge in [0.2, 0.25) is 0 Å². The van der Waals surface area contributed by atoms with Gasteiger partial charge < -0.3 is 4.42 Å². The second-order valence-corrected chi connectivity index (χ2v) is 6.18. The van der Waals surface area contributed by atoms with Gasteiger partial charge in [0.25, 0.3) is 0 Å². The first-order chi connectivity index (χ1) is 9.75. The first-order valence-corrected chi connectivity index (χ1v) is 8.81. The average Bonchev–Trinajstić information content (AvgIpc) is 2.87. The van der Waals surface area contributed by atoms with Crippen LogP contribution in [0.1, 0.15) is 87.9 Å². The van der Waals surface area contributed by atoms with Crippen LogP contribution in [-0.4, -0.2) is 5.78 Å². The van der Waals surface area contributed by atoms with E-state index in [0.29, 0.717) is 16.7 Å². The Bertz CT molecular complexity index is 371. The zero-order valence-electron chi connectivity index (χ0n) is 12.6. The summed E-state index contributed by atoms with van der Waals surface area (Å²) in [6.07, 6.45) is 15.1. The zero-order chi connectivity index (χ0) is 14.6. The van der Waals surface area contributed by atoms with E-state index < -0.39 is 0 Å². The molecule has 0 bridgehead atoms. The molecule has 0 aliphatic heterocycles. The molecule has 0 aliphatic carbocycles. The minimum atomic E-state index is 0.185. The van der Waals surface area contributed by atoms with Gasteiger partial charge in [-0.3, -0.25) is 4.79 Å². The molecule has 1 aromatic heterocycles. The Morgan fingerprint density at radius 2 is 1.55 bits per heavy atom. The molecule has 0 radical (unpaired) electrons. The lowest BCUT2D eigenvalue weighted by Gasteiger charge is -2.02. The van der Waals surface area contributed by atoms with E-state index in [0.717, 1.165) is 12.8 Å². The van der Waals surface area contributed by atoms with Crippen LogP contribution in [0.2, 0.25) is 0 Å². The summed E-state index contributed by atoms with van der Waals surface area (Å²) >= 11 is 3.25. The third kappa shape index (κ3) is 7.28. The van der Waals surface area contributed by atoms with E-state index in [1.807, 2.05) is 0 Å². The molecule has 0 amide bonds. The summed E-state index contributed by atoms with van der Waals surface area (Å²) in [4.78, 5) is 11.9. The summed E-state index contributed by atoms with van der Waals surface area (Å²) in [6, 6.07) is 1.74. The Kier molecular flexibility index (Phi) is 9.73. The van der Waals surface area contributed by atoms with E-state index in [4.69, 9.17) is 4.42 Å². The molecule has 0 N–H and O–H groups in total. The van der Waals surface area contributed by atoms with Crippen molar-refractivity contribution >= 4 is 21.7 Å². The number of furan rings is 1. The largest absolute Gasteiger partial charge is 0.457 e. The van der Waals surface area contributed by atoms with Gasteiger partial charge in [0.05, 0.1) is 11.8 Å². The fourth-order valence-corrected chi connectivity index (χ4v) is 2.86. The van der Waals surface area contributed by atoms with Crippen LogP contribution in [0.25, 0.3) is 0 Å². The van der Waals surface area contributed by atoms with E-state index in [9.17, 15) is 4.79 Å². The van der Waals surface area contributed by atoms with E-state index >= 15 is 0 Å². The Labute approximate surface area is 131 Å².